The highest BCUT2D eigenvalue weighted by molar-refractivity contribution is 6.30. The van der Waals surface area contributed by atoms with E-state index in [9.17, 15) is 9.59 Å². The van der Waals surface area contributed by atoms with E-state index in [1.165, 1.54) is 0 Å². The molecular formula is C23H29ClN2O3. The van der Waals surface area contributed by atoms with Crippen molar-refractivity contribution in [3.63, 3.8) is 0 Å². The molecule has 2 aromatic carbocycles. The molecule has 2 aromatic rings. The fourth-order valence-electron chi connectivity index (χ4n) is 2.87. The zero-order chi connectivity index (χ0) is 21.2. The van der Waals surface area contributed by atoms with Crippen molar-refractivity contribution in [3.8, 4) is 5.75 Å². The molecule has 0 bridgehead atoms. The smallest absolute Gasteiger partial charge is 0.261 e. The number of carbonyl (C=O) groups is 2. The van der Waals surface area contributed by atoms with E-state index in [2.05, 4.69) is 5.32 Å². The van der Waals surface area contributed by atoms with Gasteiger partial charge < -0.3 is 15.0 Å². The normalized spacial score (nSPS) is 11.8. The van der Waals surface area contributed by atoms with Gasteiger partial charge >= 0.3 is 0 Å². The van der Waals surface area contributed by atoms with E-state index in [1.54, 1.807) is 29.2 Å². The highest BCUT2D eigenvalue weighted by Gasteiger charge is 2.29. The third-order valence-electron chi connectivity index (χ3n) is 4.44. The summed E-state index contributed by atoms with van der Waals surface area (Å²) in [6.45, 7) is 6.71. The number of nitrogens with zero attached hydrogens (tertiary/aromatic N) is 1. The van der Waals surface area contributed by atoms with Crippen LogP contribution < -0.4 is 10.1 Å². The molecule has 1 atom stereocenters. The van der Waals surface area contributed by atoms with Crippen molar-refractivity contribution >= 4 is 23.4 Å². The lowest BCUT2D eigenvalue weighted by atomic mass is 10.1. The van der Waals surface area contributed by atoms with E-state index in [-0.39, 0.29) is 18.4 Å². The first-order chi connectivity index (χ1) is 13.9. The Balaban J connectivity index is 2.16. The minimum atomic E-state index is -0.573. The lowest BCUT2D eigenvalue weighted by Crippen LogP contribution is -2.50. The molecule has 0 heterocycles. The molecule has 0 fully saturated rings. The molecule has 0 aliphatic carbocycles. The zero-order valence-corrected chi connectivity index (χ0v) is 18.0. The standard InChI is InChI=1S/C23H29ClN2O3/c1-4-21(23(28)25-14-17(2)3)26(15-18-10-12-19(24)13-11-18)22(27)16-29-20-8-6-5-7-9-20/h5-13,17,21H,4,14-16H2,1-3H3,(H,25,28)/t21-/m0/s1. The highest BCUT2D eigenvalue weighted by Crippen LogP contribution is 2.16. The summed E-state index contributed by atoms with van der Waals surface area (Å²) in [6.07, 6.45) is 0.509. The summed E-state index contributed by atoms with van der Waals surface area (Å²) < 4.78 is 5.63. The van der Waals surface area contributed by atoms with Gasteiger partial charge in [0.1, 0.15) is 11.8 Å². The maximum absolute atomic E-state index is 13.0. The van der Waals surface area contributed by atoms with Gasteiger partial charge in [0.2, 0.25) is 5.91 Å². The van der Waals surface area contributed by atoms with Crippen molar-refractivity contribution in [1.29, 1.82) is 0 Å². The van der Waals surface area contributed by atoms with Gasteiger partial charge in [-0.15, -0.1) is 0 Å². The monoisotopic (exact) mass is 416 g/mol. The Morgan fingerprint density at radius 2 is 1.72 bits per heavy atom. The number of para-hydroxylation sites is 1. The molecule has 156 valence electrons. The van der Waals surface area contributed by atoms with Crippen LogP contribution in [0.3, 0.4) is 0 Å². The third-order valence-corrected chi connectivity index (χ3v) is 4.69. The SMILES string of the molecule is CC[C@@H](C(=O)NCC(C)C)N(Cc1ccc(Cl)cc1)C(=O)COc1ccccc1. The quantitative estimate of drug-likeness (QED) is 0.628. The average Bonchev–Trinajstić information content (AvgIpc) is 2.72. The maximum atomic E-state index is 13.0. The first kappa shape index (κ1) is 22.8. The number of benzene rings is 2. The number of carbonyl (C=O) groups excluding carboxylic acids is 2. The molecule has 0 unspecified atom stereocenters. The Hall–Kier alpha value is -2.53. The van der Waals surface area contributed by atoms with Crippen LogP contribution >= 0.6 is 11.6 Å². The largest absolute Gasteiger partial charge is 0.484 e. The Morgan fingerprint density at radius 3 is 2.31 bits per heavy atom. The predicted octanol–water partition coefficient (Wildman–Crippen LogP) is 4.30. The Bertz CT molecular complexity index is 778. The summed E-state index contributed by atoms with van der Waals surface area (Å²) >= 11 is 5.97. The van der Waals surface area contributed by atoms with Crippen molar-refractivity contribution in [2.45, 2.75) is 39.8 Å². The van der Waals surface area contributed by atoms with Crippen LogP contribution in [0, 0.1) is 5.92 Å². The fraction of sp³-hybridized carbons (Fsp3) is 0.391. The second-order valence-corrected chi connectivity index (χ2v) is 7.75. The minimum Gasteiger partial charge on any atom is -0.484 e. The number of rotatable bonds is 10. The van der Waals surface area contributed by atoms with Crippen LogP contribution in [0.5, 0.6) is 5.75 Å². The van der Waals surface area contributed by atoms with E-state index >= 15 is 0 Å². The number of amides is 2. The Morgan fingerprint density at radius 1 is 1.07 bits per heavy atom. The number of nitrogens with one attached hydrogen (secondary N) is 1. The van der Waals surface area contributed by atoms with Crippen LogP contribution in [-0.2, 0) is 16.1 Å². The Labute approximate surface area is 178 Å². The summed E-state index contributed by atoms with van der Waals surface area (Å²) in [5.41, 5.74) is 0.901. The molecule has 2 rings (SSSR count). The summed E-state index contributed by atoms with van der Waals surface area (Å²) in [5.74, 6) is 0.557. The molecule has 0 aliphatic heterocycles. The number of halogens is 1. The van der Waals surface area contributed by atoms with Crippen LogP contribution in [0.4, 0.5) is 0 Å². The van der Waals surface area contributed by atoms with Gasteiger partial charge in [0, 0.05) is 18.1 Å². The number of ether oxygens (including phenoxy) is 1. The van der Waals surface area contributed by atoms with Crippen molar-refractivity contribution in [1.82, 2.24) is 10.2 Å². The van der Waals surface area contributed by atoms with Gasteiger partial charge in [-0.1, -0.05) is 62.7 Å². The third kappa shape index (κ3) is 7.42. The molecule has 0 radical (unpaired) electrons. The summed E-state index contributed by atoms with van der Waals surface area (Å²) in [4.78, 5) is 27.4. The van der Waals surface area contributed by atoms with E-state index in [0.717, 1.165) is 5.56 Å². The first-order valence-corrected chi connectivity index (χ1v) is 10.3. The van der Waals surface area contributed by atoms with Crippen LogP contribution in [0.15, 0.2) is 54.6 Å². The van der Waals surface area contributed by atoms with Gasteiger partial charge in [-0.25, -0.2) is 0 Å². The molecule has 0 saturated heterocycles. The molecule has 2 amide bonds. The Kier molecular flexibility index (Phi) is 9.00. The minimum absolute atomic E-state index is 0.133. The zero-order valence-electron chi connectivity index (χ0n) is 17.2. The summed E-state index contributed by atoms with van der Waals surface area (Å²) in [6, 6.07) is 15.9. The van der Waals surface area contributed by atoms with Gasteiger partial charge in [-0.05, 0) is 42.2 Å². The van der Waals surface area contributed by atoms with Gasteiger partial charge in [-0.2, -0.15) is 0 Å². The second-order valence-electron chi connectivity index (χ2n) is 7.31. The molecule has 0 saturated carbocycles. The van der Waals surface area contributed by atoms with E-state index in [4.69, 9.17) is 16.3 Å². The summed E-state index contributed by atoms with van der Waals surface area (Å²) in [5, 5.41) is 3.57. The molecule has 0 aliphatic rings. The predicted molar refractivity (Wildman–Crippen MR) is 116 cm³/mol. The van der Waals surface area contributed by atoms with Gasteiger partial charge in [0.25, 0.3) is 5.91 Å². The van der Waals surface area contributed by atoms with Gasteiger partial charge in [0.05, 0.1) is 0 Å². The lowest BCUT2D eigenvalue weighted by Gasteiger charge is -2.30. The maximum Gasteiger partial charge on any atom is 0.261 e. The molecule has 0 aromatic heterocycles. The topological polar surface area (TPSA) is 58.6 Å². The highest BCUT2D eigenvalue weighted by atomic mass is 35.5. The van der Waals surface area contributed by atoms with E-state index in [0.29, 0.717) is 36.2 Å². The van der Waals surface area contributed by atoms with Crippen LogP contribution in [-0.4, -0.2) is 35.9 Å². The van der Waals surface area contributed by atoms with E-state index < -0.39 is 6.04 Å². The van der Waals surface area contributed by atoms with Crippen molar-refractivity contribution < 1.29 is 14.3 Å². The molecule has 29 heavy (non-hydrogen) atoms. The average molecular weight is 417 g/mol. The van der Waals surface area contributed by atoms with Crippen LogP contribution in [0.2, 0.25) is 5.02 Å². The molecular weight excluding hydrogens is 388 g/mol. The molecule has 6 heteroatoms. The fourth-order valence-corrected chi connectivity index (χ4v) is 3.00. The number of hydrogen-bond acceptors (Lipinski definition) is 3. The molecule has 5 nitrogen and oxygen atoms in total. The molecule has 0 spiro atoms. The van der Waals surface area contributed by atoms with Crippen molar-refractivity contribution in [2.75, 3.05) is 13.2 Å². The van der Waals surface area contributed by atoms with Crippen LogP contribution in [0.1, 0.15) is 32.8 Å². The second kappa shape index (κ2) is 11.5. The summed E-state index contributed by atoms with van der Waals surface area (Å²) in [7, 11) is 0. The van der Waals surface area contributed by atoms with Crippen LogP contribution in [0.25, 0.3) is 0 Å². The van der Waals surface area contributed by atoms with Gasteiger partial charge in [0.15, 0.2) is 6.61 Å². The molecule has 1 N–H and O–H groups in total. The number of hydrogen-bond donors (Lipinski definition) is 1. The van der Waals surface area contributed by atoms with E-state index in [1.807, 2.05) is 51.1 Å². The van der Waals surface area contributed by atoms with Gasteiger partial charge in [-0.3, -0.25) is 9.59 Å². The van der Waals surface area contributed by atoms with Crippen molar-refractivity contribution in [3.05, 3.63) is 65.2 Å². The van der Waals surface area contributed by atoms with Crippen molar-refractivity contribution in [2.24, 2.45) is 5.92 Å². The lowest BCUT2D eigenvalue weighted by molar-refractivity contribution is -0.143. The first-order valence-electron chi connectivity index (χ1n) is 9.90.